The molecule has 0 aromatic heterocycles. The van der Waals surface area contributed by atoms with E-state index in [0.29, 0.717) is 44.0 Å². The number of anilines is 1. The Hall–Kier alpha value is -2.73. The first kappa shape index (κ1) is 26.9. The number of hydrogen-bond donors (Lipinski definition) is 1. The Bertz CT molecular complexity index is 928. The van der Waals surface area contributed by atoms with Crippen LogP contribution in [0, 0.1) is 11.7 Å². The lowest BCUT2D eigenvalue weighted by atomic mass is 9.85. The number of nitrogens with zero attached hydrogens (tertiary/aromatic N) is 3. The van der Waals surface area contributed by atoms with Gasteiger partial charge in [-0.15, -0.1) is 0 Å². The van der Waals surface area contributed by atoms with Crippen molar-refractivity contribution < 1.29 is 41.8 Å². The molecule has 4 rings (SSSR count). The zero-order valence-corrected chi connectivity index (χ0v) is 19.4. The van der Waals surface area contributed by atoms with Crippen LogP contribution < -0.4 is 4.90 Å². The van der Waals surface area contributed by atoms with E-state index in [9.17, 15) is 27.2 Å². The average molecular weight is 503 g/mol. The molecule has 3 saturated heterocycles. The van der Waals surface area contributed by atoms with Gasteiger partial charge in [0.2, 0.25) is 0 Å². The molecule has 35 heavy (non-hydrogen) atoms. The first-order valence-corrected chi connectivity index (χ1v) is 11.5. The van der Waals surface area contributed by atoms with Gasteiger partial charge in [-0.05, 0) is 56.7 Å². The lowest BCUT2D eigenvalue weighted by molar-refractivity contribution is -0.137. The Kier molecular flexibility index (Phi) is 8.37. The van der Waals surface area contributed by atoms with Crippen LogP contribution in [0.15, 0.2) is 18.2 Å². The highest BCUT2D eigenvalue weighted by atomic mass is 19.4. The highest BCUT2D eigenvalue weighted by Gasteiger charge is 2.58. The van der Waals surface area contributed by atoms with Crippen molar-refractivity contribution in [2.75, 3.05) is 44.3 Å². The molecule has 3 fully saturated rings. The summed E-state index contributed by atoms with van der Waals surface area (Å²) in [7, 11) is 0. The number of benzene rings is 1. The number of carbonyl (C=O) groups excluding carboxylic acids is 2. The van der Waals surface area contributed by atoms with Crippen LogP contribution in [0.2, 0.25) is 0 Å². The van der Waals surface area contributed by atoms with Gasteiger partial charge < -0.3 is 19.6 Å². The van der Waals surface area contributed by atoms with Gasteiger partial charge >= 0.3 is 12.2 Å². The van der Waals surface area contributed by atoms with Crippen LogP contribution in [-0.4, -0.2) is 78.2 Å². The van der Waals surface area contributed by atoms with E-state index in [1.807, 2.05) is 0 Å². The molecule has 8 nitrogen and oxygen atoms in total. The van der Waals surface area contributed by atoms with Crippen LogP contribution in [0.4, 0.5) is 28.0 Å². The molecule has 0 unspecified atom stereocenters. The molecular formula is C23H29F4N3O5. The van der Waals surface area contributed by atoms with E-state index in [0.717, 1.165) is 43.6 Å². The van der Waals surface area contributed by atoms with Crippen LogP contribution in [-0.2, 0) is 20.5 Å². The molecule has 3 heterocycles. The lowest BCUT2D eigenvalue weighted by Gasteiger charge is -2.43. The van der Waals surface area contributed by atoms with E-state index in [1.54, 1.807) is 6.92 Å². The monoisotopic (exact) mass is 503 g/mol. The van der Waals surface area contributed by atoms with Gasteiger partial charge in [0.25, 0.3) is 12.4 Å². The number of imide groups is 1. The number of likely N-dealkylation sites (N-methyl/N-ethyl adjacent to an activating group) is 1. The van der Waals surface area contributed by atoms with Crippen LogP contribution in [0.25, 0.3) is 0 Å². The summed E-state index contributed by atoms with van der Waals surface area (Å²) >= 11 is 0. The van der Waals surface area contributed by atoms with Gasteiger partial charge in [0.05, 0.1) is 11.3 Å². The molecule has 0 radical (unpaired) electrons. The molecule has 0 atom stereocenters. The Morgan fingerprint density at radius 1 is 1.14 bits per heavy atom. The number of urea groups is 1. The summed E-state index contributed by atoms with van der Waals surface area (Å²) < 4.78 is 58.9. The number of hydrogen-bond acceptors (Lipinski definition) is 5. The summed E-state index contributed by atoms with van der Waals surface area (Å²) in [6.45, 7) is 5.34. The Labute approximate surface area is 200 Å². The predicted octanol–water partition coefficient (Wildman–Crippen LogP) is 3.60. The van der Waals surface area contributed by atoms with Crippen molar-refractivity contribution in [2.24, 2.45) is 5.92 Å². The maximum Gasteiger partial charge on any atom is 0.416 e. The van der Waals surface area contributed by atoms with Gasteiger partial charge in [-0.1, -0.05) is 0 Å². The van der Waals surface area contributed by atoms with Gasteiger partial charge in [-0.2, -0.15) is 13.2 Å². The number of piperidine rings is 1. The third-order valence-electron chi connectivity index (χ3n) is 6.86. The predicted molar refractivity (Wildman–Crippen MR) is 117 cm³/mol. The van der Waals surface area contributed by atoms with Crippen LogP contribution in [0.3, 0.4) is 0 Å². The van der Waals surface area contributed by atoms with Crippen molar-refractivity contribution in [3.63, 3.8) is 0 Å². The largest absolute Gasteiger partial charge is 0.483 e. The van der Waals surface area contributed by atoms with Crippen molar-refractivity contribution in [1.82, 2.24) is 9.80 Å². The number of likely N-dealkylation sites (tertiary alicyclic amines) is 1. The Morgan fingerprint density at radius 2 is 1.74 bits per heavy atom. The van der Waals surface area contributed by atoms with E-state index >= 15 is 0 Å². The Balaban J connectivity index is 0.00000108. The number of halogens is 4. The van der Waals surface area contributed by atoms with E-state index in [1.165, 1.54) is 4.90 Å². The third kappa shape index (κ3) is 5.58. The van der Waals surface area contributed by atoms with E-state index in [-0.39, 0.29) is 18.7 Å². The molecule has 0 aliphatic carbocycles. The van der Waals surface area contributed by atoms with Gasteiger partial charge in [-0.3, -0.25) is 9.59 Å². The highest BCUT2D eigenvalue weighted by Crippen LogP contribution is 2.41. The number of rotatable bonds is 4. The maximum atomic E-state index is 14.0. The number of ether oxygens (including phenoxy) is 1. The van der Waals surface area contributed by atoms with Crippen molar-refractivity contribution >= 4 is 24.1 Å². The first-order valence-electron chi connectivity index (χ1n) is 11.5. The first-order chi connectivity index (χ1) is 16.6. The number of amides is 3. The molecule has 0 bridgehead atoms. The molecule has 1 N–H and O–H groups in total. The second-order valence-corrected chi connectivity index (χ2v) is 8.86. The van der Waals surface area contributed by atoms with Gasteiger partial charge in [0.1, 0.15) is 11.4 Å². The number of alkyl halides is 3. The molecular weight excluding hydrogens is 474 g/mol. The molecule has 1 aromatic carbocycles. The fourth-order valence-electron chi connectivity index (χ4n) is 5.13. The summed E-state index contributed by atoms with van der Waals surface area (Å²) in [6, 6.07) is 1.12. The van der Waals surface area contributed by atoms with E-state index in [2.05, 4.69) is 4.90 Å². The zero-order chi connectivity index (χ0) is 25.8. The molecule has 0 saturated carbocycles. The SMILES string of the molecule is CCN1C(=O)N(c2cc(F)cc(C(F)(F)F)c2)C(=O)C12CCN(CC1CCOCC1)CC2.O=CO. The zero-order valence-electron chi connectivity index (χ0n) is 19.4. The van der Waals surface area contributed by atoms with Gasteiger partial charge in [-0.25, -0.2) is 14.1 Å². The normalized spacial score (nSPS) is 21.3. The summed E-state index contributed by atoms with van der Waals surface area (Å²) in [6.07, 6.45) is -2.01. The minimum absolute atomic E-state index is 0.239. The van der Waals surface area contributed by atoms with Crippen molar-refractivity contribution in [1.29, 1.82) is 0 Å². The van der Waals surface area contributed by atoms with Crippen LogP contribution >= 0.6 is 0 Å². The summed E-state index contributed by atoms with van der Waals surface area (Å²) in [5, 5.41) is 6.89. The Morgan fingerprint density at radius 3 is 2.29 bits per heavy atom. The average Bonchev–Trinajstić information content (AvgIpc) is 3.01. The second-order valence-electron chi connectivity index (χ2n) is 8.86. The van der Waals surface area contributed by atoms with E-state index in [4.69, 9.17) is 14.6 Å². The van der Waals surface area contributed by atoms with Gasteiger partial charge in [0, 0.05) is 39.4 Å². The molecule has 1 aromatic rings. The van der Waals surface area contributed by atoms with Crippen LogP contribution in [0.1, 0.15) is 38.2 Å². The summed E-state index contributed by atoms with van der Waals surface area (Å²) in [5.74, 6) is -1.19. The van der Waals surface area contributed by atoms with Crippen molar-refractivity contribution in [3.8, 4) is 0 Å². The lowest BCUT2D eigenvalue weighted by Crippen LogP contribution is -2.57. The second kappa shape index (κ2) is 10.9. The number of carboxylic acid groups (broad SMARTS) is 1. The molecule has 194 valence electrons. The quantitative estimate of drug-likeness (QED) is 0.384. The van der Waals surface area contributed by atoms with Crippen molar-refractivity contribution in [2.45, 2.75) is 44.3 Å². The minimum Gasteiger partial charge on any atom is -0.483 e. The third-order valence-corrected chi connectivity index (χ3v) is 6.86. The fraction of sp³-hybridized carbons (Fsp3) is 0.609. The fourth-order valence-corrected chi connectivity index (χ4v) is 5.13. The van der Waals surface area contributed by atoms with Crippen molar-refractivity contribution in [3.05, 3.63) is 29.6 Å². The smallest absolute Gasteiger partial charge is 0.416 e. The minimum atomic E-state index is -4.79. The highest BCUT2D eigenvalue weighted by molar-refractivity contribution is 6.23. The van der Waals surface area contributed by atoms with Gasteiger partial charge in [0.15, 0.2) is 0 Å². The summed E-state index contributed by atoms with van der Waals surface area (Å²) in [4.78, 5) is 39.3. The molecule has 12 heteroatoms. The molecule has 3 amide bonds. The molecule has 3 aliphatic rings. The van der Waals surface area contributed by atoms with Crippen LogP contribution in [0.5, 0.6) is 0 Å². The summed E-state index contributed by atoms with van der Waals surface area (Å²) in [5.41, 5.74) is -2.72. The topological polar surface area (TPSA) is 90.4 Å². The van der Waals surface area contributed by atoms with E-state index < -0.39 is 35.0 Å². The number of carbonyl (C=O) groups is 3. The molecule has 1 spiro atoms. The molecule has 3 aliphatic heterocycles. The maximum absolute atomic E-state index is 14.0. The standard InChI is InChI=1S/C22H27F4N3O3.CH2O2/c1-2-28-20(31)29(18-12-16(22(24,25)26)11-17(23)13-18)19(30)21(28)5-7-27(8-6-21)14-15-3-9-32-10-4-15;2-1-3/h11-13,15H,2-10,14H2,1H3;1H,(H,2,3).